The van der Waals surface area contributed by atoms with Crippen LogP contribution >= 0.6 is 0 Å². The van der Waals surface area contributed by atoms with E-state index in [4.69, 9.17) is 15.2 Å². The normalized spacial score (nSPS) is 16.9. The van der Waals surface area contributed by atoms with Crippen LogP contribution in [0.15, 0.2) is 96.0 Å². The Kier molecular flexibility index (Phi) is 11.9. The van der Waals surface area contributed by atoms with E-state index in [2.05, 4.69) is 45.2 Å². The number of methoxy groups -OCH3 is 2. The lowest BCUT2D eigenvalue weighted by Gasteiger charge is -2.29. The third kappa shape index (κ3) is 8.83. The van der Waals surface area contributed by atoms with Crippen LogP contribution in [0.4, 0.5) is 0 Å². The zero-order valence-electron chi connectivity index (χ0n) is 27.9. The van der Waals surface area contributed by atoms with Crippen molar-refractivity contribution >= 4 is 28.5 Å². The molecule has 0 spiro atoms. The number of nitrogens with zero attached hydrogens (tertiary/aromatic N) is 2. The van der Waals surface area contributed by atoms with Crippen molar-refractivity contribution < 1.29 is 19.1 Å². The van der Waals surface area contributed by atoms with E-state index in [9.17, 15) is 9.59 Å². The Bertz CT molecular complexity index is 1640. The summed E-state index contributed by atoms with van der Waals surface area (Å²) in [5, 5.41) is 11.9. The van der Waals surface area contributed by atoms with Crippen molar-refractivity contribution in [2.45, 2.75) is 37.3 Å². The molecule has 0 saturated carbocycles. The molecule has 48 heavy (non-hydrogen) atoms. The number of amides is 2. The van der Waals surface area contributed by atoms with Gasteiger partial charge in [0.15, 0.2) is 5.96 Å². The standard InChI is InChI=1S/C38H46N6O4/c1-40-38(39)41-21-6-9-35-37(46)44(25-34(27-12-16-32(47-2)17-13-27)28-14-18-33(48-3)19-15-28)22-20-31(43-35)24-42-36(45)30-11-10-26-7-4-5-8-29(26)23-30/h4-5,7-8,10-19,23,31,34-35,43H,6,9,20-22,24-25H2,1-3H3,(H,42,45)(H3,39,40,41). The number of guanidine groups is 1. The van der Waals surface area contributed by atoms with Gasteiger partial charge in [-0.25, -0.2) is 0 Å². The molecule has 5 N–H and O–H groups in total. The Morgan fingerprint density at radius 2 is 1.58 bits per heavy atom. The first-order valence-electron chi connectivity index (χ1n) is 16.4. The number of nitrogens with one attached hydrogen (secondary N) is 3. The molecule has 0 aliphatic carbocycles. The maximum absolute atomic E-state index is 14.2. The van der Waals surface area contributed by atoms with Crippen molar-refractivity contribution in [1.82, 2.24) is 20.9 Å². The Balaban J connectivity index is 1.34. The minimum absolute atomic E-state index is 0.0440. The maximum Gasteiger partial charge on any atom is 0.251 e. The molecule has 1 aliphatic rings. The summed E-state index contributed by atoms with van der Waals surface area (Å²) in [6, 6.07) is 29.2. The highest BCUT2D eigenvalue weighted by molar-refractivity contribution is 5.98. The Hall–Kier alpha value is -5.09. The van der Waals surface area contributed by atoms with Crippen LogP contribution in [-0.4, -0.2) is 82.2 Å². The zero-order chi connectivity index (χ0) is 33.9. The molecule has 1 fully saturated rings. The fraction of sp³-hybridized carbons (Fsp3) is 0.342. The highest BCUT2D eigenvalue weighted by Crippen LogP contribution is 2.30. The van der Waals surface area contributed by atoms with E-state index in [1.165, 1.54) is 0 Å². The van der Waals surface area contributed by atoms with Gasteiger partial charge in [-0.2, -0.15) is 0 Å². The number of ether oxygens (including phenoxy) is 2. The van der Waals surface area contributed by atoms with Crippen LogP contribution in [-0.2, 0) is 4.79 Å². The molecule has 1 saturated heterocycles. The second kappa shape index (κ2) is 16.6. The molecule has 4 aromatic rings. The van der Waals surface area contributed by atoms with E-state index in [0.717, 1.165) is 33.4 Å². The molecule has 2 unspecified atom stereocenters. The van der Waals surface area contributed by atoms with E-state index in [0.29, 0.717) is 57.0 Å². The monoisotopic (exact) mass is 650 g/mol. The van der Waals surface area contributed by atoms with Gasteiger partial charge in [-0.15, -0.1) is 0 Å². The number of benzene rings is 4. The van der Waals surface area contributed by atoms with Gasteiger partial charge >= 0.3 is 0 Å². The highest BCUT2D eigenvalue weighted by Gasteiger charge is 2.32. The van der Waals surface area contributed by atoms with Gasteiger partial charge < -0.3 is 36.1 Å². The minimum Gasteiger partial charge on any atom is -0.497 e. The van der Waals surface area contributed by atoms with Gasteiger partial charge in [-0.1, -0.05) is 54.6 Å². The summed E-state index contributed by atoms with van der Waals surface area (Å²) in [6.07, 6.45) is 2.00. The summed E-state index contributed by atoms with van der Waals surface area (Å²) in [6.45, 7) is 2.05. The van der Waals surface area contributed by atoms with Crippen LogP contribution in [0.5, 0.6) is 11.5 Å². The van der Waals surface area contributed by atoms with E-state index in [-0.39, 0.29) is 23.8 Å². The molecule has 2 atom stereocenters. The van der Waals surface area contributed by atoms with Gasteiger partial charge in [0.2, 0.25) is 5.91 Å². The summed E-state index contributed by atoms with van der Waals surface area (Å²) in [4.78, 5) is 33.4. The smallest absolute Gasteiger partial charge is 0.251 e. The van der Waals surface area contributed by atoms with E-state index in [1.54, 1.807) is 21.3 Å². The molecule has 252 valence electrons. The van der Waals surface area contributed by atoms with Gasteiger partial charge in [-0.05, 0) is 77.6 Å². The van der Waals surface area contributed by atoms with Gasteiger partial charge in [-0.3, -0.25) is 14.6 Å². The molecular weight excluding hydrogens is 604 g/mol. The lowest BCUT2D eigenvalue weighted by molar-refractivity contribution is -0.133. The first-order chi connectivity index (χ1) is 23.4. The van der Waals surface area contributed by atoms with Crippen molar-refractivity contribution in [3.05, 3.63) is 108 Å². The summed E-state index contributed by atoms with van der Waals surface area (Å²) in [5.41, 5.74) is 8.61. The average Bonchev–Trinajstić information content (AvgIpc) is 3.28. The van der Waals surface area contributed by atoms with E-state index >= 15 is 0 Å². The summed E-state index contributed by atoms with van der Waals surface area (Å²) >= 11 is 0. The van der Waals surface area contributed by atoms with Crippen molar-refractivity contribution in [2.24, 2.45) is 10.7 Å². The number of hydrogen-bond donors (Lipinski definition) is 4. The molecule has 4 aromatic carbocycles. The SMILES string of the molecule is CN=C(N)NCCCC1NC(CNC(=O)c2ccc3ccccc3c2)CCN(CC(c2ccc(OC)cc2)c2ccc(OC)cc2)C1=O. The van der Waals surface area contributed by atoms with Crippen LogP contribution < -0.4 is 31.2 Å². The van der Waals surface area contributed by atoms with Crippen molar-refractivity contribution in [2.75, 3.05) is 47.4 Å². The number of rotatable bonds is 13. The first kappa shape index (κ1) is 34.3. The van der Waals surface area contributed by atoms with Crippen LogP contribution in [0.25, 0.3) is 10.8 Å². The molecule has 0 bridgehead atoms. The van der Waals surface area contributed by atoms with Crippen molar-refractivity contribution in [3.8, 4) is 11.5 Å². The fourth-order valence-electron chi connectivity index (χ4n) is 6.18. The van der Waals surface area contributed by atoms with Crippen LogP contribution in [0, 0.1) is 0 Å². The lowest BCUT2D eigenvalue weighted by Crippen LogP contribution is -2.49. The maximum atomic E-state index is 14.2. The number of nitrogens with two attached hydrogens (primary N) is 1. The number of aliphatic imine (C=N–C) groups is 1. The van der Waals surface area contributed by atoms with Crippen LogP contribution in [0.2, 0.25) is 0 Å². The zero-order valence-corrected chi connectivity index (χ0v) is 27.9. The predicted molar refractivity (Wildman–Crippen MR) is 191 cm³/mol. The molecule has 2 amide bonds. The molecule has 0 aromatic heterocycles. The minimum atomic E-state index is -0.427. The third-order valence-corrected chi connectivity index (χ3v) is 8.97. The molecule has 1 heterocycles. The van der Waals surface area contributed by atoms with Gasteiger partial charge in [0.25, 0.3) is 5.91 Å². The average molecular weight is 651 g/mol. The molecule has 5 rings (SSSR count). The number of hydrogen-bond acceptors (Lipinski definition) is 6. The first-order valence-corrected chi connectivity index (χ1v) is 16.4. The molecular formula is C38H46N6O4. The Morgan fingerprint density at radius 3 is 2.21 bits per heavy atom. The van der Waals surface area contributed by atoms with Crippen LogP contribution in [0.1, 0.15) is 46.7 Å². The lowest BCUT2D eigenvalue weighted by atomic mass is 9.90. The molecule has 0 radical (unpaired) electrons. The predicted octanol–water partition coefficient (Wildman–Crippen LogP) is 4.29. The number of carbonyl (C=O) groups is 2. The van der Waals surface area contributed by atoms with Gasteiger partial charge in [0.1, 0.15) is 11.5 Å². The highest BCUT2D eigenvalue weighted by atomic mass is 16.5. The van der Waals surface area contributed by atoms with E-state index in [1.807, 2.05) is 71.6 Å². The quantitative estimate of drug-likeness (QED) is 0.0965. The number of carbonyl (C=O) groups excluding carboxylic acids is 2. The Labute approximate surface area is 282 Å². The largest absolute Gasteiger partial charge is 0.497 e. The third-order valence-electron chi connectivity index (χ3n) is 8.97. The van der Waals surface area contributed by atoms with Crippen molar-refractivity contribution in [1.29, 1.82) is 0 Å². The summed E-state index contributed by atoms with van der Waals surface area (Å²) in [5.74, 6) is 1.76. The van der Waals surface area contributed by atoms with E-state index < -0.39 is 6.04 Å². The van der Waals surface area contributed by atoms with Gasteiger partial charge in [0, 0.05) is 50.7 Å². The van der Waals surface area contributed by atoms with Gasteiger partial charge in [0.05, 0.1) is 20.3 Å². The topological polar surface area (TPSA) is 130 Å². The molecule has 10 nitrogen and oxygen atoms in total. The number of fused-ring (bicyclic) bond motifs is 1. The Morgan fingerprint density at radius 1 is 0.938 bits per heavy atom. The van der Waals surface area contributed by atoms with Crippen molar-refractivity contribution in [3.63, 3.8) is 0 Å². The second-order valence-corrected chi connectivity index (χ2v) is 12.0. The second-order valence-electron chi connectivity index (χ2n) is 12.0. The summed E-state index contributed by atoms with van der Waals surface area (Å²) in [7, 11) is 4.94. The fourth-order valence-corrected chi connectivity index (χ4v) is 6.18. The van der Waals surface area contributed by atoms with Crippen LogP contribution in [0.3, 0.4) is 0 Å². The summed E-state index contributed by atoms with van der Waals surface area (Å²) < 4.78 is 10.8. The molecule has 10 heteroatoms. The molecule has 1 aliphatic heterocycles.